The molecule has 47 heavy (non-hydrogen) atoms. The number of halogens is 1. The molecule has 0 amide bonds. The second-order valence-electron chi connectivity index (χ2n) is 14.8. The number of Topliss-reactive ketones (excluding diaryl/α,β-unsaturated/α-hetero) is 1. The number of carbonyl (C=O) groups is 2. The van der Waals surface area contributed by atoms with Crippen LogP contribution in [0, 0.1) is 17.8 Å². The minimum absolute atomic E-state index is 0.0590. The minimum Gasteiger partial charge on any atom is -0.493 e. The fourth-order valence-corrected chi connectivity index (χ4v) is 9.81. The van der Waals surface area contributed by atoms with Crippen LogP contribution in [-0.4, -0.2) is 105 Å². The van der Waals surface area contributed by atoms with Crippen molar-refractivity contribution in [3.05, 3.63) is 35.5 Å². The maximum absolute atomic E-state index is 16.3. The van der Waals surface area contributed by atoms with Gasteiger partial charge in [-0.3, -0.25) is 4.79 Å². The molecule has 10 atom stereocenters. The van der Waals surface area contributed by atoms with Crippen molar-refractivity contribution in [2.24, 2.45) is 17.8 Å². The van der Waals surface area contributed by atoms with Crippen molar-refractivity contribution < 1.29 is 32.9 Å². The zero-order chi connectivity index (χ0) is 32.7. The van der Waals surface area contributed by atoms with Gasteiger partial charge in [0.2, 0.25) is 0 Å². The van der Waals surface area contributed by atoms with E-state index in [2.05, 4.69) is 22.2 Å². The number of methoxy groups -OCH3 is 2. The molecule has 1 aromatic carbocycles. The van der Waals surface area contributed by atoms with Gasteiger partial charge in [-0.05, 0) is 94.6 Å². The van der Waals surface area contributed by atoms with E-state index in [0.717, 1.165) is 44.2 Å². The van der Waals surface area contributed by atoms with Gasteiger partial charge in [0.05, 0.1) is 51.2 Å². The lowest BCUT2D eigenvalue weighted by Crippen LogP contribution is -2.73. The highest BCUT2D eigenvalue weighted by atomic mass is 19.1. The highest BCUT2D eigenvalue weighted by Crippen LogP contribution is 2.50. The number of ether oxygens (including phenoxy) is 4. The van der Waals surface area contributed by atoms with E-state index >= 15 is 4.39 Å². The molecule has 10 unspecified atom stereocenters. The van der Waals surface area contributed by atoms with Crippen molar-refractivity contribution in [2.45, 2.75) is 113 Å². The van der Waals surface area contributed by atoms with Crippen LogP contribution in [-0.2, 0) is 25.5 Å². The number of hydrogen-bond donors (Lipinski definition) is 1. The van der Waals surface area contributed by atoms with E-state index in [1.165, 1.54) is 25.7 Å². The normalized spacial score (nSPS) is 36.6. The summed E-state index contributed by atoms with van der Waals surface area (Å²) in [5.74, 6) is 1.08. The van der Waals surface area contributed by atoms with Crippen molar-refractivity contribution in [1.29, 1.82) is 0 Å². The number of nitrogens with one attached hydrogen (secondary N) is 1. The van der Waals surface area contributed by atoms with Crippen LogP contribution in [0.3, 0.4) is 0 Å². The van der Waals surface area contributed by atoms with Crippen molar-refractivity contribution in [3.8, 4) is 11.5 Å². The SMILES string of the molecule is COc1ccc(CCNC2C(F)CC3C(=O)C(C(=O)OCCC4CCCN4C)=CN4C5CC6CCCCC6CC5OC2C34)cc1OC. The number of hydrogen-bond acceptors (Lipinski definition) is 9. The first-order valence-corrected chi connectivity index (χ1v) is 18.0. The molecular weight excluding hydrogens is 601 g/mol. The molecular formula is C37H52FN3O6. The lowest BCUT2D eigenvalue weighted by Gasteiger charge is -2.60. The minimum atomic E-state index is -1.28. The zero-order valence-corrected chi connectivity index (χ0v) is 28.2. The Bertz CT molecular complexity index is 1340. The van der Waals surface area contributed by atoms with Crippen LogP contribution >= 0.6 is 0 Å². The highest BCUT2D eigenvalue weighted by molar-refractivity contribution is 6.18. The predicted octanol–water partition coefficient (Wildman–Crippen LogP) is 4.46. The molecule has 1 N–H and O–H groups in total. The fraction of sp³-hybridized carbons (Fsp3) is 0.730. The van der Waals surface area contributed by atoms with Crippen LogP contribution in [0.1, 0.15) is 69.8 Å². The number of alkyl halides is 1. The molecule has 1 aromatic rings. The van der Waals surface area contributed by atoms with Gasteiger partial charge in [0.25, 0.3) is 0 Å². The third-order valence-corrected chi connectivity index (χ3v) is 12.3. The van der Waals surface area contributed by atoms with Gasteiger partial charge in [-0.1, -0.05) is 31.7 Å². The summed E-state index contributed by atoms with van der Waals surface area (Å²) in [6.07, 6.45) is 10.6. The maximum Gasteiger partial charge on any atom is 0.343 e. The van der Waals surface area contributed by atoms with Gasteiger partial charge in [0, 0.05) is 18.2 Å². The molecule has 0 aromatic heterocycles. The van der Waals surface area contributed by atoms with Gasteiger partial charge in [-0.25, -0.2) is 9.18 Å². The number of rotatable bonds is 10. The maximum atomic E-state index is 16.3. The Morgan fingerprint density at radius 1 is 1.04 bits per heavy atom. The molecule has 3 aliphatic carbocycles. The van der Waals surface area contributed by atoms with E-state index in [4.69, 9.17) is 18.9 Å². The average molecular weight is 654 g/mol. The molecule has 3 aliphatic heterocycles. The van der Waals surface area contributed by atoms with Crippen LogP contribution in [0.4, 0.5) is 4.39 Å². The first-order chi connectivity index (χ1) is 22.9. The molecule has 7 rings (SSSR count). The number of likely N-dealkylation sites (tertiary alicyclic amines) is 1. The van der Waals surface area contributed by atoms with Crippen LogP contribution in [0.25, 0.3) is 0 Å². The Morgan fingerprint density at radius 3 is 2.57 bits per heavy atom. The standard InChI is InChI=1S/C37H52FN3O6/c1-40-15-6-9-25(40)13-16-46-37(43)27-21-41-29-18-23-7-4-5-8-24(23)19-31(29)47-36-33(28(38)20-26(34(36)41)35(27)42)39-14-12-22-10-11-30(44-2)32(17-22)45-3/h10-11,17,21,23-26,28-29,31,33-34,36,39H,4-9,12-16,18-20H2,1-3H3. The third kappa shape index (κ3) is 6.42. The summed E-state index contributed by atoms with van der Waals surface area (Å²) in [5, 5.41) is 3.51. The third-order valence-electron chi connectivity index (χ3n) is 12.3. The van der Waals surface area contributed by atoms with E-state index in [1.807, 2.05) is 18.2 Å². The predicted molar refractivity (Wildman–Crippen MR) is 175 cm³/mol. The van der Waals surface area contributed by atoms with Gasteiger partial charge in [-0.2, -0.15) is 0 Å². The Labute approximate surface area is 278 Å². The number of ketones is 1. The number of morpholine rings is 1. The van der Waals surface area contributed by atoms with E-state index in [9.17, 15) is 9.59 Å². The molecule has 0 radical (unpaired) electrons. The second kappa shape index (κ2) is 14.0. The Kier molecular flexibility index (Phi) is 9.81. The smallest absolute Gasteiger partial charge is 0.343 e. The van der Waals surface area contributed by atoms with Crippen LogP contribution in [0.2, 0.25) is 0 Å². The molecule has 6 aliphatic rings. The zero-order valence-electron chi connectivity index (χ0n) is 28.2. The van der Waals surface area contributed by atoms with E-state index in [0.29, 0.717) is 42.3 Å². The quantitative estimate of drug-likeness (QED) is 0.291. The van der Waals surface area contributed by atoms with Gasteiger partial charge in [-0.15, -0.1) is 0 Å². The molecule has 9 nitrogen and oxygen atoms in total. The summed E-state index contributed by atoms with van der Waals surface area (Å²) >= 11 is 0. The molecule has 258 valence electrons. The molecule has 0 bridgehead atoms. The van der Waals surface area contributed by atoms with Gasteiger partial charge < -0.3 is 34.1 Å². The van der Waals surface area contributed by atoms with Crippen molar-refractivity contribution in [2.75, 3.05) is 41.0 Å². The number of benzene rings is 1. The van der Waals surface area contributed by atoms with Crippen LogP contribution in [0.5, 0.6) is 11.5 Å². The Hall–Kier alpha value is -2.69. The van der Waals surface area contributed by atoms with Crippen molar-refractivity contribution >= 4 is 11.8 Å². The molecule has 2 saturated heterocycles. The Morgan fingerprint density at radius 2 is 1.83 bits per heavy atom. The van der Waals surface area contributed by atoms with E-state index in [-0.39, 0.29) is 42.6 Å². The molecule has 3 heterocycles. The number of nitrogens with zero attached hydrogens (tertiary/aromatic N) is 2. The van der Waals surface area contributed by atoms with Gasteiger partial charge >= 0.3 is 5.97 Å². The summed E-state index contributed by atoms with van der Waals surface area (Å²) in [6.45, 7) is 1.89. The van der Waals surface area contributed by atoms with Crippen molar-refractivity contribution in [3.63, 3.8) is 0 Å². The summed E-state index contributed by atoms with van der Waals surface area (Å²) in [6, 6.07) is 5.45. The monoisotopic (exact) mass is 653 g/mol. The molecule has 5 fully saturated rings. The summed E-state index contributed by atoms with van der Waals surface area (Å²) in [7, 11) is 5.34. The largest absolute Gasteiger partial charge is 0.493 e. The Balaban J connectivity index is 1.11. The second-order valence-corrected chi connectivity index (χ2v) is 14.8. The first kappa shape index (κ1) is 32.8. The van der Waals surface area contributed by atoms with Gasteiger partial charge in [0.1, 0.15) is 11.7 Å². The number of fused-ring (bicyclic) bond motifs is 3. The summed E-state index contributed by atoms with van der Waals surface area (Å²) in [4.78, 5) is 32.1. The summed E-state index contributed by atoms with van der Waals surface area (Å²) < 4.78 is 39.8. The molecule has 3 saturated carbocycles. The number of carbonyl (C=O) groups excluding carboxylic acids is 2. The van der Waals surface area contributed by atoms with E-state index < -0.39 is 30.2 Å². The lowest BCUT2D eigenvalue weighted by atomic mass is 9.65. The number of esters is 1. The molecule has 10 heteroatoms. The lowest BCUT2D eigenvalue weighted by molar-refractivity contribution is -0.208. The average Bonchev–Trinajstić information content (AvgIpc) is 3.49. The van der Waals surface area contributed by atoms with E-state index in [1.54, 1.807) is 20.4 Å². The summed E-state index contributed by atoms with van der Waals surface area (Å²) in [5.41, 5.74) is 1.14. The molecule has 0 spiro atoms. The topological polar surface area (TPSA) is 89.6 Å². The highest BCUT2D eigenvalue weighted by Gasteiger charge is 2.59. The first-order valence-electron chi connectivity index (χ1n) is 18.0. The van der Waals surface area contributed by atoms with Crippen molar-refractivity contribution in [1.82, 2.24) is 15.1 Å². The fourth-order valence-electron chi connectivity index (χ4n) is 9.81. The van der Waals surface area contributed by atoms with Crippen LogP contribution in [0.15, 0.2) is 30.0 Å². The van der Waals surface area contributed by atoms with Crippen LogP contribution < -0.4 is 14.8 Å². The van der Waals surface area contributed by atoms with Gasteiger partial charge in [0.15, 0.2) is 17.3 Å².